The highest BCUT2D eigenvalue weighted by atomic mass is 16.4. The van der Waals surface area contributed by atoms with Gasteiger partial charge in [0.05, 0.1) is 13.0 Å². The molecule has 0 aliphatic heterocycles. The van der Waals surface area contributed by atoms with Gasteiger partial charge in [0, 0.05) is 12.5 Å². The molecule has 0 atom stereocenters. The van der Waals surface area contributed by atoms with Gasteiger partial charge in [0.1, 0.15) is 0 Å². The Kier molecular flexibility index (Phi) is 7.40. The van der Waals surface area contributed by atoms with Crippen molar-refractivity contribution >= 4 is 23.8 Å². The van der Waals surface area contributed by atoms with Crippen LogP contribution in [0.3, 0.4) is 0 Å². The van der Waals surface area contributed by atoms with Crippen LogP contribution in [-0.4, -0.2) is 41.5 Å². The molecule has 0 aliphatic rings. The Morgan fingerprint density at radius 1 is 1.05 bits per heavy atom. The first-order valence-electron chi connectivity index (χ1n) is 6.60. The summed E-state index contributed by atoms with van der Waals surface area (Å²) < 4.78 is 0. The van der Waals surface area contributed by atoms with Crippen LogP contribution in [0.1, 0.15) is 40.5 Å². The van der Waals surface area contributed by atoms with Crippen LogP contribution in [0.4, 0.5) is 4.79 Å². The first-order chi connectivity index (χ1) is 9.51. The normalized spacial score (nSPS) is 10.9. The van der Waals surface area contributed by atoms with E-state index in [0.717, 1.165) is 0 Å². The Balaban J connectivity index is 4.13. The largest absolute Gasteiger partial charge is 0.481 e. The maximum Gasteiger partial charge on any atom is 0.321 e. The number of aliphatic carboxylic acids is 1. The molecule has 0 heterocycles. The number of hydrogen-bond donors (Lipinski definition) is 4. The number of amides is 4. The van der Waals surface area contributed by atoms with Gasteiger partial charge in [-0.25, -0.2) is 4.79 Å². The molecular weight excluding hydrogens is 278 g/mol. The van der Waals surface area contributed by atoms with Gasteiger partial charge in [-0.1, -0.05) is 13.8 Å². The summed E-state index contributed by atoms with van der Waals surface area (Å²) in [5, 5.41) is 15.6. The molecule has 0 aromatic carbocycles. The number of urea groups is 1. The second-order valence-corrected chi connectivity index (χ2v) is 5.86. The lowest BCUT2D eigenvalue weighted by Gasteiger charge is -2.21. The van der Waals surface area contributed by atoms with Crippen molar-refractivity contribution in [2.24, 2.45) is 5.41 Å². The number of carbonyl (C=O) groups excluding carboxylic acids is 3. The number of carboxylic acids is 1. The Morgan fingerprint density at radius 3 is 2.10 bits per heavy atom. The van der Waals surface area contributed by atoms with Crippen LogP contribution in [-0.2, 0) is 14.4 Å². The molecule has 0 bridgehead atoms. The van der Waals surface area contributed by atoms with Crippen LogP contribution in [0, 0.1) is 5.41 Å². The van der Waals surface area contributed by atoms with Crippen molar-refractivity contribution in [3.8, 4) is 0 Å². The van der Waals surface area contributed by atoms with E-state index in [1.54, 1.807) is 27.7 Å². The van der Waals surface area contributed by atoms with Gasteiger partial charge in [-0.15, -0.1) is 0 Å². The number of carboxylic acid groups (broad SMARTS) is 1. The minimum absolute atomic E-state index is 0.0409. The maximum atomic E-state index is 11.6. The van der Waals surface area contributed by atoms with Crippen LogP contribution < -0.4 is 16.0 Å². The third-order valence-electron chi connectivity index (χ3n) is 2.38. The quantitative estimate of drug-likeness (QED) is 0.535. The molecule has 21 heavy (non-hydrogen) atoms. The van der Waals surface area contributed by atoms with Gasteiger partial charge in [-0.05, 0) is 19.3 Å². The molecule has 0 aliphatic carbocycles. The van der Waals surface area contributed by atoms with Gasteiger partial charge in [0.2, 0.25) is 11.8 Å². The molecule has 8 heteroatoms. The Morgan fingerprint density at radius 2 is 1.62 bits per heavy atom. The Bertz CT molecular complexity index is 418. The van der Waals surface area contributed by atoms with Crippen LogP contribution in [0.15, 0.2) is 0 Å². The summed E-state index contributed by atoms with van der Waals surface area (Å²) in [6.45, 7) is 6.57. The highest BCUT2D eigenvalue weighted by Crippen LogP contribution is 2.24. The van der Waals surface area contributed by atoms with E-state index in [-0.39, 0.29) is 31.3 Å². The van der Waals surface area contributed by atoms with E-state index in [2.05, 4.69) is 16.0 Å². The fourth-order valence-corrected chi connectivity index (χ4v) is 1.66. The van der Waals surface area contributed by atoms with Crippen molar-refractivity contribution in [3.05, 3.63) is 0 Å². The zero-order chi connectivity index (χ0) is 16.6. The molecule has 0 unspecified atom stereocenters. The molecule has 4 amide bonds. The third kappa shape index (κ3) is 10.3. The highest BCUT2D eigenvalue weighted by molar-refractivity contribution is 5.96. The SMILES string of the molecule is CC(C)NC(=O)CNC(=O)NC(=O)CC(C)(C)CC(=O)O. The van der Waals surface area contributed by atoms with Crippen LogP contribution >= 0.6 is 0 Å². The number of carbonyl (C=O) groups is 4. The highest BCUT2D eigenvalue weighted by Gasteiger charge is 2.26. The lowest BCUT2D eigenvalue weighted by atomic mass is 9.85. The molecule has 0 radical (unpaired) electrons. The molecule has 0 fully saturated rings. The summed E-state index contributed by atoms with van der Waals surface area (Å²) in [5.74, 6) is -1.97. The zero-order valence-corrected chi connectivity index (χ0v) is 12.8. The molecule has 8 nitrogen and oxygen atoms in total. The van der Waals surface area contributed by atoms with E-state index in [4.69, 9.17) is 5.11 Å². The lowest BCUT2D eigenvalue weighted by Crippen LogP contribution is -2.46. The van der Waals surface area contributed by atoms with Gasteiger partial charge >= 0.3 is 12.0 Å². The summed E-state index contributed by atoms with van der Waals surface area (Å²) in [5.41, 5.74) is -0.759. The molecule has 0 saturated carbocycles. The zero-order valence-electron chi connectivity index (χ0n) is 12.8. The lowest BCUT2D eigenvalue weighted by molar-refractivity contribution is -0.139. The molecule has 0 rings (SSSR count). The van der Waals surface area contributed by atoms with Crippen LogP contribution in [0.2, 0.25) is 0 Å². The standard InChI is InChI=1S/C13H23N3O5/c1-8(2)15-10(18)7-14-12(21)16-9(17)5-13(3,4)6-11(19)20/h8H,5-7H2,1-4H3,(H,15,18)(H,19,20)(H2,14,16,17,21). The summed E-state index contributed by atoms with van der Waals surface area (Å²) >= 11 is 0. The Labute approximate surface area is 123 Å². The first kappa shape index (κ1) is 18.9. The molecule has 0 aromatic heterocycles. The Hall–Kier alpha value is -2.12. The topological polar surface area (TPSA) is 125 Å². The molecular formula is C13H23N3O5. The van der Waals surface area contributed by atoms with Gasteiger partial charge in [-0.3, -0.25) is 19.7 Å². The van der Waals surface area contributed by atoms with Crippen molar-refractivity contribution in [2.45, 2.75) is 46.6 Å². The average Bonchev–Trinajstić information content (AvgIpc) is 2.22. The fraction of sp³-hybridized carbons (Fsp3) is 0.692. The van der Waals surface area contributed by atoms with Crippen molar-refractivity contribution in [2.75, 3.05) is 6.54 Å². The van der Waals surface area contributed by atoms with Crippen LogP contribution in [0.25, 0.3) is 0 Å². The number of imide groups is 1. The number of rotatable bonds is 7. The van der Waals surface area contributed by atoms with Gasteiger partial charge in [-0.2, -0.15) is 0 Å². The maximum absolute atomic E-state index is 11.6. The predicted molar refractivity (Wildman–Crippen MR) is 75.5 cm³/mol. The van der Waals surface area contributed by atoms with Gasteiger partial charge < -0.3 is 15.7 Å². The number of nitrogens with one attached hydrogen (secondary N) is 3. The molecule has 120 valence electrons. The minimum atomic E-state index is -1.01. The number of hydrogen-bond acceptors (Lipinski definition) is 4. The van der Waals surface area contributed by atoms with Crippen molar-refractivity contribution in [3.63, 3.8) is 0 Å². The van der Waals surface area contributed by atoms with E-state index in [0.29, 0.717) is 0 Å². The smallest absolute Gasteiger partial charge is 0.321 e. The first-order valence-corrected chi connectivity index (χ1v) is 6.60. The van der Waals surface area contributed by atoms with E-state index in [1.807, 2.05) is 0 Å². The summed E-state index contributed by atoms with van der Waals surface area (Å²) in [6.07, 6.45) is -0.288. The average molecular weight is 301 g/mol. The summed E-state index contributed by atoms with van der Waals surface area (Å²) in [4.78, 5) is 44.9. The third-order valence-corrected chi connectivity index (χ3v) is 2.38. The van der Waals surface area contributed by atoms with Gasteiger partial charge in [0.25, 0.3) is 0 Å². The molecule has 0 spiro atoms. The predicted octanol–water partition coefficient (Wildman–Crippen LogP) is 0.228. The minimum Gasteiger partial charge on any atom is -0.481 e. The molecule has 4 N–H and O–H groups in total. The van der Waals surface area contributed by atoms with Gasteiger partial charge in [0.15, 0.2) is 0 Å². The van der Waals surface area contributed by atoms with E-state index in [9.17, 15) is 19.2 Å². The summed E-state index contributed by atoms with van der Waals surface area (Å²) in [7, 11) is 0. The van der Waals surface area contributed by atoms with Crippen molar-refractivity contribution in [1.29, 1.82) is 0 Å². The molecule has 0 saturated heterocycles. The van der Waals surface area contributed by atoms with E-state index >= 15 is 0 Å². The summed E-state index contributed by atoms with van der Waals surface area (Å²) in [6, 6.07) is -0.828. The van der Waals surface area contributed by atoms with Crippen LogP contribution in [0.5, 0.6) is 0 Å². The fourth-order valence-electron chi connectivity index (χ4n) is 1.66. The second kappa shape index (κ2) is 8.23. The van der Waals surface area contributed by atoms with Crippen molar-refractivity contribution < 1.29 is 24.3 Å². The van der Waals surface area contributed by atoms with E-state index in [1.165, 1.54) is 0 Å². The monoisotopic (exact) mass is 301 g/mol. The van der Waals surface area contributed by atoms with Crippen molar-refractivity contribution in [1.82, 2.24) is 16.0 Å². The second-order valence-electron chi connectivity index (χ2n) is 5.86. The van der Waals surface area contributed by atoms with E-state index < -0.39 is 23.3 Å². The molecule has 0 aromatic rings.